The maximum atomic E-state index is 13.2. The van der Waals surface area contributed by atoms with Crippen LogP contribution in [0.1, 0.15) is 18.5 Å². The molecule has 0 unspecified atom stereocenters. The van der Waals surface area contributed by atoms with Crippen molar-refractivity contribution in [2.45, 2.75) is 13.0 Å². The zero-order valence-corrected chi connectivity index (χ0v) is 18.9. The van der Waals surface area contributed by atoms with Crippen LogP contribution in [0.4, 0.5) is 10.2 Å². The molecule has 1 atom stereocenters. The van der Waals surface area contributed by atoms with E-state index in [0.29, 0.717) is 22.3 Å². The van der Waals surface area contributed by atoms with Gasteiger partial charge in [0.05, 0.1) is 0 Å². The first-order valence-corrected chi connectivity index (χ1v) is 11.2. The summed E-state index contributed by atoms with van der Waals surface area (Å²) >= 11 is 6.08. The molecule has 0 radical (unpaired) electrons. The van der Waals surface area contributed by atoms with Crippen LogP contribution in [0, 0.1) is 5.82 Å². The second kappa shape index (κ2) is 9.29. The van der Waals surface area contributed by atoms with Crippen molar-refractivity contribution in [1.29, 1.82) is 0 Å². The maximum Gasteiger partial charge on any atom is 0.224 e. The molecule has 8 heteroatoms. The number of hydrogen-bond acceptors (Lipinski definition) is 6. The van der Waals surface area contributed by atoms with Gasteiger partial charge in [-0.2, -0.15) is 0 Å². The van der Waals surface area contributed by atoms with E-state index in [1.165, 1.54) is 18.5 Å². The number of rotatable bonds is 5. The van der Waals surface area contributed by atoms with E-state index in [0.717, 1.165) is 42.9 Å². The highest BCUT2D eigenvalue weighted by Crippen LogP contribution is 2.30. The minimum Gasteiger partial charge on any atom is -0.437 e. The van der Waals surface area contributed by atoms with Crippen molar-refractivity contribution in [2.75, 3.05) is 31.1 Å². The molecular weight excluding hydrogens is 441 g/mol. The lowest BCUT2D eigenvalue weighted by atomic mass is 10.1. The number of nitrogens with zero attached hydrogens (tertiary/aromatic N) is 5. The summed E-state index contributed by atoms with van der Waals surface area (Å²) in [5.41, 5.74) is 1.81. The van der Waals surface area contributed by atoms with Crippen molar-refractivity contribution >= 4 is 28.3 Å². The molecule has 0 N–H and O–H groups in total. The molecule has 0 saturated carbocycles. The van der Waals surface area contributed by atoms with Gasteiger partial charge < -0.3 is 9.64 Å². The van der Waals surface area contributed by atoms with Crippen LogP contribution in [0.25, 0.3) is 10.9 Å². The highest BCUT2D eigenvalue weighted by atomic mass is 35.5. The van der Waals surface area contributed by atoms with Crippen molar-refractivity contribution < 1.29 is 9.13 Å². The van der Waals surface area contributed by atoms with Gasteiger partial charge in [0.25, 0.3) is 0 Å². The van der Waals surface area contributed by atoms with Gasteiger partial charge in [-0.15, -0.1) is 0 Å². The molecule has 33 heavy (non-hydrogen) atoms. The summed E-state index contributed by atoms with van der Waals surface area (Å²) in [4.78, 5) is 17.8. The van der Waals surface area contributed by atoms with Gasteiger partial charge in [-0.3, -0.25) is 4.90 Å². The second-order valence-corrected chi connectivity index (χ2v) is 8.42. The van der Waals surface area contributed by atoms with E-state index in [2.05, 4.69) is 31.7 Å². The van der Waals surface area contributed by atoms with Crippen LogP contribution in [0.3, 0.4) is 0 Å². The molecule has 4 aromatic rings. The fraction of sp³-hybridized carbons (Fsp3) is 0.240. The summed E-state index contributed by atoms with van der Waals surface area (Å²) in [7, 11) is 0. The van der Waals surface area contributed by atoms with E-state index in [-0.39, 0.29) is 11.9 Å². The molecule has 2 aromatic carbocycles. The third-order valence-corrected chi connectivity index (χ3v) is 6.24. The molecule has 0 aliphatic carbocycles. The summed E-state index contributed by atoms with van der Waals surface area (Å²) in [6.07, 6.45) is 1.52. The summed E-state index contributed by atoms with van der Waals surface area (Å²) in [6.45, 7) is 5.57. The first kappa shape index (κ1) is 21.6. The molecule has 5 rings (SSSR count). The van der Waals surface area contributed by atoms with Gasteiger partial charge in [0, 0.05) is 43.7 Å². The van der Waals surface area contributed by atoms with Crippen LogP contribution >= 0.6 is 11.6 Å². The summed E-state index contributed by atoms with van der Waals surface area (Å²) in [6, 6.07) is 18.2. The van der Waals surface area contributed by atoms with E-state index in [1.54, 1.807) is 6.07 Å². The first-order chi connectivity index (χ1) is 16.1. The van der Waals surface area contributed by atoms with Crippen molar-refractivity contribution in [3.8, 4) is 11.6 Å². The van der Waals surface area contributed by atoms with E-state index in [1.807, 2.05) is 42.5 Å². The number of hydrogen-bond donors (Lipinski definition) is 0. The molecule has 1 aliphatic rings. The summed E-state index contributed by atoms with van der Waals surface area (Å²) in [5.74, 6) is 1.66. The molecule has 0 bridgehead atoms. The second-order valence-electron chi connectivity index (χ2n) is 8.03. The maximum absolute atomic E-state index is 13.2. The Hall–Kier alpha value is -3.29. The minimum atomic E-state index is -0.208. The van der Waals surface area contributed by atoms with Crippen molar-refractivity contribution in [3.63, 3.8) is 0 Å². The Morgan fingerprint density at radius 1 is 0.970 bits per heavy atom. The number of benzene rings is 2. The van der Waals surface area contributed by atoms with Crippen molar-refractivity contribution in [2.24, 2.45) is 0 Å². The van der Waals surface area contributed by atoms with E-state index in [9.17, 15) is 4.39 Å². The summed E-state index contributed by atoms with van der Waals surface area (Å²) in [5, 5.41) is 1.35. The molecule has 1 saturated heterocycles. The molecule has 3 heterocycles. The van der Waals surface area contributed by atoms with Gasteiger partial charge >= 0.3 is 0 Å². The number of fused-ring (bicyclic) bond motifs is 1. The van der Waals surface area contributed by atoms with Crippen LogP contribution in [0.2, 0.25) is 5.15 Å². The Morgan fingerprint density at radius 3 is 2.55 bits per heavy atom. The third kappa shape index (κ3) is 4.74. The largest absolute Gasteiger partial charge is 0.437 e. The Kier molecular flexibility index (Phi) is 6.07. The van der Waals surface area contributed by atoms with Crippen molar-refractivity contribution in [1.82, 2.24) is 19.9 Å². The zero-order valence-electron chi connectivity index (χ0n) is 18.2. The topological polar surface area (TPSA) is 54.4 Å². The van der Waals surface area contributed by atoms with E-state index >= 15 is 0 Å². The first-order valence-electron chi connectivity index (χ1n) is 10.9. The van der Waals surface area contributed by atoms with E-state index < -0.39 is 0 Å². The minimum absolute atomic E-state index is 0.208. The Labute approximate surface area is 196 Å². The Morgan fingerprint density at radius 2 is 1.76 bits per heavy atom. The number of para-hydroxylation sites is 1. The number of piperazine rings is 1. The lowest BCUT2D eigenvalue weighted by Crippen LogP contribution is -2.47. The predicted molar refractivity (Wildman–Crippen MR) is 127 cm³/mol. The van der Waals surface area contributed by atoms with Crippen LogP contribution in [0.15, 0.2) is 67.0 Å². The van der Waals surface area contributed by atoms with Gasteiger partial charge in [-0.1, -0.05) is 35.9 Å². The highest BCUT2D eigenvalue weighted by molar-refractivity contribution is 6.29. The number of aromatic nitrogens is 3. The monoisotopic (exact) mass is 463 g/mol. The number of pyridine rings is 1. The van der Waals surface area contributed by atoms with Crippen LogP contribution in [0.5, 0.6) is 11.6 Å². The van der Waals surface area contributed by atoms with Crippen LogP contribution in [-0.2, 0) is 0 Å². The fourth-order valence-corrected chi connectivity index (χ4v) is 4.29. The molecule has 0 amide bonds. The van der Waals surface area contributed by atoms with Gasteiger partial charge in [0.2, 0.25) is 5.88 Å². The normalized spacial score (nSPS) is 15.5. The van der Waals surface area contributed by atoms with E-state index in [4.69, 9.17) is 16.3 Å². The zero-order chi connectivity index (χ0) is 22.8. The van der Waals surface area contributed by atoms with Gasteiger partial charge in [-0.25, -0.2) is 19.3 Å². The highest BCUT2D eigenvalue weighted by Gasteiger charge is 2.23. The van der Waals surface area contributed by atoms with Gasteiger partial charge in [0.1, 0.15) is 28.6 Å². The Bertz CT molecular complexity index is 1260. The predicted octanol–water partition coefficient (Wildman–Crippen LogP) is 5.49. The van der Waals surface area contributed by atoms with Crippen LogP contribution < -0.4 is 9.64 Å². The third-order valence-electron chi connectivity index (χ3n) is 6.03. The quantitative estimate of drug-likeness (QED) is 0.365. The summed E-state index contributed by atoms with van der Waals surface area (Å²) < 4.78 is 19.3. The number of ether oxygens (including phenoxy) is 1. The molecule has 2 aromatic heterocycles. The van der Waals surface area contributed by atoms with Crippen molar-refractivity contribution in [3.05, 3.63) is 83.5 Å². The van der Waals surface area contributed by atoms with Crippen LogP contribution in [-0.4, -0.2) is 46.0 Å². The standard InChI is InChI=1S/C25H23ClFN5O/c1-17(18-5-8-20(27)9-6-18)31-11-13-32(14-12-31)23-15-24(29-16-28-23)33-21-4-2-3-19-7-10-22(26)30-25(19)21/h2-10,15-17H,11-14H2,1H3/t17-/m0/s1. The molecular formula is C25H23ClFN5O. The van der Waals surface area contributed by atoms with Gasteiger partial charge in [-0.05, 0) is 42.8 Å². The number of halogens is 2. The lowest BCUT2D eigenvalue weighted by Gasteiger charge is -2.38. The van der Waals surface area contributed by atoms with Gasteiger partial charge in [0.15, 0.2) is 5.75 Å². The molecule has 6 nitrogen and oxygen atoms in total. The lowest BCUT2D eigenvalue weighted by molar-refractivity contribution is 0.198. The average molecular weight is 464 g/mol. The SMILES string of the molecule is C[C@@H](c1ccc(F)cc1)N1CCN(c2cc(Oc3cccc4ccc(Cl)nc34)ncn2)CC1. The smallest absolute Gasteiger partial charge is 0.224 e. The Balaban J connectivity index is 1.28. The molecule has 0 spiro atoms. The number of anilines is 1. The fourth-order valence-electron chi connectivity index (χ4n) is 4.14. The molecule has 1 fully saturated rings. The average Bonchev–Trinajstić information content (AvgIpc) is 2.85. The molecule has 168 valence electrons. The molecule has 1 aliphatic heterocycles.